The molecule has 2 aliphatic rings. The van der Waals surface area contributed by atoms with Crippen molar-refractivity contribution in [2.45, 2.75) is 56.7 Å². The van der Waals surface area contributed by atoms with Crippen LogP contribution in [0.2, 0.25) is 0 Å². The molecule has 1 aliphatic carbocycles. The minimum atomic E-state index is -0.489. The summed E-state index contributed by atoms with van der Waals surface area (Å²) in [4.78, 5) is 14.0. The second kappa shape index (κ2) is 5.42. The van der Waals surface area contributed by atoms with Crippen LogP contribution in [0, 0.1) is 29.6 Å². The second-order valence-corrected chi connectivity index (χ2v) is 5.22. The molecular weight excluding hydrogens is 226 g/mol. The van der Waals surface area contributed by atoms with Crippen LogP contribution in [0.25, 0.3) is 0 Å². The van der Waals surface area contributed by atoms with Crippen molar-refractivity contribution < 1.29 is 4.79 Å². The van der Waals surface area contributed by atoms with Gasteiger partial charge in [0.25, 0.3) is 0 Å². The molecule has 3 atom stereocenters. The normalized spacial score (nSPS) is 29.8. The largest absolute Gasteiger partial charge is 0.320 e. The molecule has 1 saturated carbocycles. The molecule has 2 fully saturated rings. The highest BCUT2D eigenvalue weighted by Crippen LogP contribution is 2.30. The van der Waals surface area contributed by atoms with Crippen molar-refractivity contribution in [1.82, 2.24) is 4.90 Å². The second-order valence-electron chi connectivity index (χ2n) is 5.22. The lowest BCUT2D eigenvalue weighted by molar-refractivity contribution is -0.134. The summed E-state index contributed by atoms with van der Waals surface area (Å²) < 4.78 is 0. The van der Waals surface area contributed by atoms with Gasteiger partial charge in [0.05, 0.1) is 18.2 Å². The molecule has 1 heterocycles. The van der Waals surface area contributed by atoms with Crippen molar-refractivity contribution in [1.29, 1.82) is 5.26 Å². The molecule has 0 bridgehead atoms. The number of terminal acetylenes is 1. The van der Waals surface area contributed by atoms with Crippen molar-refractivity contribution in [3.8, 4) is 18.4 Å². The summed E-state index contributed by atoms with van der Waals surface area (Å²) in [7, 11) is 0. The van der Waals surface area contributed by atoms with Crippen LogP contribution in [-0.2, 0) is 4.79 Å². The number of rotatable bonds is 2. The summed E-state index contributed by atoms with van der Waals surface area (Å²) in [5, 5.41) is 9.09. The summed E-state index contributed by atoms with van der Waals surface area (Å²) in [6.45, 7) is 0. The van der Waals surface area contributed by atoms with Crippen LogP contribution < -0.4 is 5.73 Å². The molecule has 0 aromatic heterocycles. The number of carbonyl (C=O) groups excluding carboxylic acids is 1. The Bertz CT molecular complexity index is 378. The van der Waals surface area contributed by atoms with E-state index in [1.54, 1.807) is 4.90 Å². The Balaban J connectivity index is 2.10. The average Bonchev–Trinajstić information content (AvgIpc) is 3.05. The molecule has 0 spiro atoms. The van der Waals surface area contributed by atoms with Gasteiger partial charge in [-0.1, -0.05) is 18.8 Å². The average molecular weight is 245 g/mol. The van der Waals surface area contributed by atoms with E-state index in [0.717, 1.165) is 25.7 Å². The monoisotopic (exact) mass is 245 g/mol. The quantitative estimate of drug-likeness (QED) is 0.738. The topological polar surface area (TPSA) is 70.1 Å². The number of amides is 1. The minimum absolute atomic E-state index is 0.131. The van der Waals surface area contributed by atoms with Gasteiger partial charge in [-0.3, -0.25) is 4.79 Å². The summed E-state index contributed by atoms with van der Waals surface area (Å²) >= 11 is 0. The van der Waals surface area contributed by atoms with E-state index in [0.29, 0.717) is 12.8 Å². The summed E-state index contributed by atoms with van der Waals surface area (Å²) in [5.74, 6) is 2.73. The van der Waals surface area contributed by atoms with Gasteiger partial charge in [0.1, 0.15) is 6.04 Å². The highest BCUT2D eigenvalue weighted by molar-refractivity contribution is 5.83. The molecule has 2 N–H and O–H groups in total. The zero-order chi connectivity index (χ0) is 13.1. The van der Waals surface area contributed by atoms with Gasteiger partial charge in [0.15, 0.2) is 0 Å². The van der Waals surface area contributed by atoms with Crippen molar-refractivity contribution in [2.24, 2.45) is 11.7 Å². The van der Waals surface area contributed by atoms with E-state index >= 15 is 0 Å². The lowest BCUT2D eigenvalue weighted by Gasteiger charge is -2.29. The fourth-order valence-corrected chi connectivity index (χ4v) is 3.10. The summed E-state index contributed by atoms with van der Waals surface area (Å²) in [6, 6.07) is 1.02. The van der Waals surface area contributed by atoms with Crippen LogP contribution >= 0.6 is 0 Å². The first kappa shape index (κ1) is 12.9. The predicted octanol–water partition coefficient (Wildman–Crippen LogP) is 1.02. The Kier molecular flexibility index (Phi) is 3.89. The van der Waals surface area contributed by atoms with Gasteiger partial charge in [-0.2, -0.15) is 5.26 Å². The first-order chi connectivity index (χ1) is 8.69. The molecule has 4 nitrogen and oxygen atoms in total. The van der Waals surface area contributed by atoms with E-state index in [4.69, 9.17) is 17.4 Å². The maximum atomic E-state index is 12.4. The third kappa shape index (κ3) is 2.21. The van der Waals surface area contributed by atoms with Gasteiger partial charge in [0.2, 0.25) is 5.91 Å². The molecule has 1 unspecified atom stereocenters. The van der Waals surface area contributed by atoms with Crippen molar-refractivity contribution in [3.05, 3.63) is 0 Å². The van der Waals surface area contributed by atoms with E-state index in [1.165, 1.54) is 0 Å². The van der Waals surface area contributed by atoms with Crippen LogP contribution in [0.4, 0.5) is 0 Å². The maximum absolute atomic E-state index is 12.4. The highest BCUT2D eigenvalue weighted by Gasteiger charge is 2.40. The molecule has 2 rings (SSSR count). The third-order valence-corrected chi connectivity index (χ3v) is 4.17. The van der Waals surface area contributed by atoms with Crippen LogP contribution in [0.3, 0.4) is 0 Å². The van der Waals surface area contributed by atoms with Gasteiger partial charge in [-0.15, -0.1) is 6.42 Å². The molecule has 4 heteroatoms. The first-order valence-corrected chi connectivity index (χ1v) is 6.62. The Labute approximate surface area is 108 Å². The Morgan fingerprint density at radius 1 is 1.28 bits per heavy atom. The maximum Gasteiger partial charge on any atom is 0.241 e. The summed E-state index contributed by atoms with van der Waals surface area (Å²) in [6.07, 6.45) is 11.1. The van der Waals surface area contributed by atoms with Gasteiger partial charge >= 0.3 is 0 Å². The number of carbonyl (C=O) groups is 1. The number of nitrogens with zero attached hydrogens (tertiary/aromatic N) is 2. The van der Waals surface area contributed by atoms with Crippen molar-refractivity contribution in [2.75, 3.05) is 0 Å². The number of hydrogen-bond donors (Lipinski definition) is 1. The third-order valence-electron chi connectivity index (χ3n) is 4.17. The fourth-order valence-electron chi connectivity index (χ4n) is 3.10. The lowest BCUT2D eigenvalue weighted by atomic mass is 9.97. The van der Waals surface area contributed by atoms with E-state index in [9.17, 15) is 4.79 Å². The SMILES string of the molecule is C#C[C@H]1CC[C@@H](C#N)N1C(=O)C(N)C1CCCC1. The number of likely N-dealkylation sites (tertiary alicyclic amines) is 1. The van der Waals surface area contributed by atoms with Crippen molar-refractivity contribution in [3.63, 3.8) is 0 Å². The molecule has 0 aromatic rings. The number of hydrogen-bond acceptors (Lipinski definition) is 3. The van der Waals surface area contributed by atoms with Gasteiger partial charge < -0.3 is 10.6 Å². The minimum Gasteiger partial charge on any atom is -0.320 e. The Morgan fingerprint density at radius 3 is 2.44 bits per heavy atom. The fraction of sp³-hybridized carbons (Fsp3) is 0.714. The molecule has 1 saturated heterocycles. The zero-order valence-corrected chi connectivity index (χ0v) is 10.5. The summed E-state index contributed by atoms with van der Waals surface area (Å²) in [5.41, 5.74) is 6.07. The molecular formula is C14H19N3O. The molecule has 18 heavy (non-hydrogen) atoms. The molecule has 1 amide bonds. The van der Waals surface area contributed by atoms with Crippen LogP contribution in [0.1, 0.15) is 38.5 Å². The van der Waals surface area contributed by atoms with Gasteiger partial charge in [-0.05, 0) is 31.6 Å². The number of nitriles is 1. The van der Waals surface area contributed by atoms with E-state index in [2.05, 4.69) is 12.0 Å². The Morgan fingerprint density at radius 2 is 1.89 bits per heavy atom. The molecule has 96 valence electrons. The van der Waals surface area contributed by atoms with E-state index < -0.39 is 12.1 Å². The highest BCUT2D eigenvalue weighted by atomic mass is 16.2. The van der Waals surface area contributed by atoms with Crippen LogP contribution in [0.15, 0.2) is 0 Å². The Hall–Kier alpha value is -1.52. The number of nitrogens with two attached hydrogens (primary N) is 1. The van der Waals surface area contributed by atoms with Gasteiger partial charge in [-0.25, -0.2) is 0 Å². The standard InChI is InChI=1S/C14H19N3O/c1-2-11-7-8-12(9-15)17(11)14(18)13(16)10-5-3-4-6-10/h1,10-13H,3-8,16H2/t11-,12-,13?/m0/s1. The predicted molar refractivity (Wildman–Crippen MR) is 68.0 cm³/mol. The zero-order valence-electron chi connectivity index (χ0n) is 10.5. The molecule has 0 radical (unpaired) electrons. The van der Waals surface area contributed by atoms with E-state index in [-0.39, 0.29) is 17.9 Å². The smallest absolute Gasteiger partial charge is 0.241 e. The van der Waals surface area contributed by atoms with Crippen LogP contribution in [-0.4, -0.2) is 28.9 Å². The van der Waals surface area contributed by atoms with E-state index in [1.807, 2.05) is 0 Å². The molecule has 1 aliphatic heterocycles. The first-order valence-electron chi connectivity index (χ1n) is 6.62. The molecule has 0 aromatic carbocycles. The van der Waals surface area contributed by atoms with Crippen LogP contribution in [0.5, 0.6) is 0 Å². The van der Waals surface area contributed by atoms with Crippen molar-refractivity contribution >= 4 is 5.91 Å². The lowest BCUT2D eigenvalue weighted by Crippen LogP contribution is -2.51. The van der Waals surface area contributed by atoms with Gasteiger partial charge in [0, 0.05) is 0 Å².